The van der Waals surface area contributed by atoms with Gasteiger partial charge in [0.15, 0.2) is 0 Å². The molecule has 0 radical (unpaired) electrons. The lowest BCUT2D eigenvalue weighted by Crippen LogP contribution is -1.99. The van der Waals surface area contributed by atoms with E-state index in [1.165, 1.54) is 7.11 Å². The number of aryl methyl sites for hydroxylation is 1. The molecule has 1 N–H and O–H groups in total. The summed E-state index contributed by atoms with van der Waals surface area (Å²) in [6.45, 7) is 1.60. The zero-order chi connectivity index (χ0) is 9.84. The average molecular weight is 178 g/mol. The first-order valence-electron chi connectivity index (χ1n) is 3.78. The van der Waals surface area contributed by atoms with Gasteiger partial charge >= 0.3 is 0 Å². The quantitative estimate of drug-likeness (QED) is 0.726. The van der Waals surface area contributed by atoms with Gasteiger partial charge in [0, 0.05) is 11.3 Å². The van der Waals surface area contributed by atoms with E-state index in [0.717, 1.165) is 5.69 Å². The van der Waals surface area contributed by atoms with Crippen molar-refractivity contribution in [1.82, 2.24) is 4.98 Å². The fourth-order valence-corrected chi connectivity index (χ4v) is 1.10. The first-order chi connectivity index (χ1) is 6.22. The van der Waals surface area contributed by atoms with Gasteiger partial charge in [-0.1, -0.05) is 0 Å². The number of methoxy groups -OCH3 is 1. The number of aromatic nitrogens is 1. The lowest BCUT2D eigenvalue weighted by atomic mass is 10.1. The van der Waals surface area contributed by atoms with Crippen LogP contribution < -0.4 is 4.74 Å². The minimum Gasteiger partial charge on any atom is -0.480 e. The monoisotopic (exact) mass is 178 g/mol. The largest absolute Gasteiger partial charge is 0.480 e. The number of hydrogen-bond acceptors (Lipinski definition) is 4. The minimum absolute atomic E-state index is 0.178. The number of aliphatic hydroxyl groups is 1. The zero-order valence-electron chi connectivity index (χ0n) is 7.53. The summed E-state index contributed by atoms with van der Waals surface area (Å²) >= 11 is 0. The number of nitrogens with zero attached hydrogens (tertiary/aromatic N) is 2. The fourth-order valence-electron chi connectivity index (χ4n) is 1.10. The van der Waals surface area contributed by atoms with E-state index >= 15 is 0 Å². The number of aliphatic hydroxyl groups excluding tert-OH is 1. The van der Waals surface area contributed by atoms with Crippen molar-refractivity contribution in [2.24, 2.45) is 0 Å². The molecule has 0 aliphatic heterocycles. The van der Waals surface area contributed by atoms with Crippen LogP contribution in [0.2, 0.25) is 0 Å². The maximum atomic E-state index is 8.96. The summed E-state index contributed by atoms with van der Waals surface area (Å²) in [7, 11) is 1.45. The van der Waals surface area contributed by atoms with Crippen LogP contribution in [0.15, 0.2) is 6.07 Å². The Bertz CT molecular complexity index is 330. The molecule has 0 amide bonds. The number of nitriles is 1. The molecule has 0 spiro atoms. The smallest absolute Gasteiger partial charge is 0.231 e. The van der Waals surface area contributed by atoms with Crippen molar-refractivity contribution in [1.29, 1.82) is 5.26 Å². The number of rotatable bonds is 2. The summed E-state index contributed by atoms with van der Waals surface area (Å²) in [4.78, 5) is 4.02. The van der Waals surface area contributed by atoms with E-state index in [4.69, 9.17) is 15.1 Å². The minimum atomic E-state index is -0.178. The van der Waals surface area contributed by atoms with Crippen molar-refractivity contribution in [3.8, 4) is 11.9 Å². The molecule has 68 valence electrons. The maximum Gasteiger partial charge on any atom is 0.231 e. The highest BCUT2D eigenvalue weighted by molar-refractivity contribution is 5.45. The Morgan fingerprint density at radius 3 is 2.85 bits per heavy atom. The molecule has 0 fully saturated rings. The lowest BCUT2D eigenvalue weighted by molar-refractivity contribution is 0.280. The number of hydrogen-bond donors (Lipinski definition) is 1. The van der Waals surface area contributed by atoms with Crippen LogP contribution in [0.5, 0.6) is 5.88 Å². The van der Waals surface area contributed by atoms with Gasteiger partial charge in [0.1, 0.15) is 11.6 Å². The van der Waals surface area contributed by atoms with E-state index in [1.54, 1.807) is 13.0 Å². The molecule has 1 rings (SSSR count). The van der Waals surface area contributed by atoms with Gasteiger partial charge in [-0.05, 0) is 13.0 Å². The van der Waals surface area contributed by atoms with Gasteiger partial charge in [-0.3, -0.25) is 0 Å². The maximum absolute atomic E-state index is 8.96. The molecule has 0 unspecified atom stereocenters. The van der Waals surface area contributed by atoms with Gasteiger partial charge in [-0.25, -0.2) is 4.98 Å². The number of pyridine rings is 1. The molecule has 4 heteroatoms. The van der Waals surface area contributed by atoms with Crippen LogP contribution in [0.1, 0.15) is 16.8 Å². The second-order valence-electron chi connectivity index (χ2n) is 2.58. The summed E-state index contributed by atoms with van der Waals surface area (Å²) in [6.07, 6.45) is 0. The van der Waals surface area contributed by atoms with Crippen LogP contribution in [-0.2, 0) is 6.61 Å². The molecule has 0 saturated carbocycles. The molecule has 4 nitrogen and oxygen atoms in total. The van der Waals surface area contributed by atoms with E-state index in [-0.39, 0.29) is 12.5 Å². The lowest BCUT2D eigenvalue weighted by Gasteiger charge is -2.06. The zero-order valence-corrected chi connectivity index (χ0v) is 7.53. The third-order valence-electron chi connectivity index (χ3n) is 1.67. The molecule has 1 aromatic heterocycles. The molecule has 1 aromatic rings. The van der Waals surface area contributed by atoms with Crippen LogP contribution in [0.4, 0.5) is 0 Å². The molecule has 0 atom stereocenters. The SMILES string of the molecule is COc1nc(C)cc(CO)c1C#N. The highest BCUT2D eigenvalue weighted by Gasteiger charge is 2.10. The predicted molar refractivity (Wildman–Crippen MR) is 46.2 cm³/mol. The summed E-state index contributed by atoms with van der Waals surface area (Å²) in [5.74, 6) is 0.270. The molecule has 0 saturated heterocycles. The standard InChI is InChI=1S/C9H10N2O2/c1-6-3-7(5-12)8(4-10)9(11-6)13-2/h3,12H,5H2,1-2H3. The van der Waals surface area contributed by atoms with E-state index < -0.39 is 0 Å². The Labute approximate surface area is 76.4 Å². The molecular formula is C9H10N2O2. The van der Waals surface area contributed by atoms with Gasteiger partial charge < -0.3 is 9.84 Å². The Morgan fingerprint density at radius 2 is 2.38 bits per heavy atom. The van der Waals surface area contributed by atoms with Crippen LogP contribution in [0.3, 0.4) is 0 Å². The van der Waals surface area contributed by atoms with Gasteiger partial charge in [0.05, 0.1) is 13.7 Å². The van der Waals surface area contributed by atoms with Crippen LogP contribution in [-0.4, -0.2) is 17.2 Å². The van der Waals surface area contributed by atoms with E-state index in [1.807, 2.05) is 6.07 Å². The third-order valence-corrected chi connectivity index (χ3v) is 1.67. The molecule has 13 heavy (non-hydrogen) atoms. The van der Waals surface area contributed by atoms with Gasteiger partial charge in [0.25, 0.3) is 0 Å². The van der Waals surface area contributed by atoms with Gasteiger partial charge in [0.2, 0.25) is 5.88 Å². The van der Waals surface area contributed by atoms with Crippen molar-refractivity contribution in [3.05, 3.63) is 22.9 Å². The van der Waals surface area contributed by atoms with E-state index in [2.05, 4.69) is 4.98 Å². The van der Waals surface area contributed by atoms with Gasteiger partial charge in [-0.2, -0.15) is 5.26 Å². The first kappa shape index (κ1) is 9.49. The molecule has 0 aliphatic rings. The second-order valence-corrected chi connectivity index (χ2v) is 2.58. The highest BCUT2D eigenvalue weighted by Crippen LogP contribution is 2.19. The van der Waals surface area contributed by atoms with Crippen molar-refractivity contribution in [2.75, 3.05) is 7.11 Å². The fraction of sp³-hybridized carbons (Fsp3) is 0.333. The Balaban J connectivity index is 3.36. The van der Waals surface area contributed by atoms with Crippen molar-refractivity contribution in [2.45, 2.75) is 13.5 Å². The molecule has 0 aromatic carbocycles. The summed E-state index contributed by atoms with van der Waals surface area (Å²) in [6, 6.07) is 3.61. The van der Waals surface area contributed by atoms with Crippen molar-refractivity contribution >= 4 is 0 Å². The van der Waals surface area contributed by atoms with Crippen molar-refractivity contribution < 1.29 is 9.84 Å². The third kappa shape index (κ3) is 1.76. The molecule has 1 heterocycles. The van der Waals surface area contributed by atoms with Crippen LogP contribution in [0, 0.1) is 18.3 Å². The Hall–Kier alpha value is -1.60. The van der Waals surface area contributed by atoms with E-state index in [0.29, 0.717) is 11.1 Å². The normalized spacial score (nSPS) is 9.38. The summed E-state index contributed by atoms with van der Waals surface area (Å²) in [5.41, 5.74) is 1.57. The molecule has 0 bridgehead atoms. The number of ether oxygens (including phenoxy) is 1. The molecule has 0 aliphatic carbocycles. The van der Waals surface area contributed by atoms with E-state index in [9.17, 15) is 0 Å². The molecular weight excluding hydrogens is 168 g/mol. The Morgan fingerprint density at radius 1 is 1.69 bits per heavy atom. The highest BCUT2D eigenvalue weighted by atomic mass is 16.5. The van der Waals surface area contributed by atoms with Crippen molar-refractivity contribution in [3.63, 3.8) is 0 Å². The van der Waals surface area contributed by atoms with Crippen LogP contribution in [0.25, 0.3) is 0 Å². The average Bonchev–Trinajstić information content (AvgIpc) is 2.16. The first-order valence-corrected chi connectivity index (χ1v) is 3.78. The summed E-state index contributed by atoms with van der Waals surface area (Å²) < 4.78 is 4.91. The van der Waals surface area contributed by atoms with Gasteiger partial charge in [-0.15, -0.1) is 0 Å². The Kier molecular flexibility index (Phi) is 2.83. The van der Waals surface area contributed by atoms with Crippen LogP contribution >= 0.6 is 0 Å². The summed E-state index contributed by atoms with van der Waals surface area (Å²) in [5, 5.41) is 17.7. The second kappa shape index (κ2) is 3.87. The predicted octanol–water partition coefficient (Wildman–Crippen LogP) is 0.763. The topological polar surface area (TPSA) is 66.1 Å².